The van der Waals surface area contributed by atoms with Crippen LogP contribution in [0.25, 0.3) is 21.8 Å². The number of methoxy groups -OCH3 is 1. The summed E-state index contributed by atoms with van der Waals surface area (Å²) in [6.07, 6.45) is 9.67. The number of nitrogens with zero attached hydrogens (tertiary/aromatic N) is 4. The summed E-state index contributed by atoms with van der Waals surface area (Å²) in [5.41, 5.74) is 6.76. The maximum Gasteiger partial charge on any atom is 0.123 e. The van der Waals surface area contributed by atoms with Crippen molar-refractivity contribution in [2.75, 3.05) is 19.0 Å². The van der Waals surface area contributed by atoms with Gasteiger partial charge < -0.3 is 15.0 Å². The molecule has 34 heavy (non-hydrogen) atoms. The Morgan fingerprint density at radius 1 is 1.15 bits per heavy atom. The van der Waals surface area contributed by atoms with E-state index in [4.69, 9.17) is 9.73 Å². The van der Waals surface area contributed by atoms with Crippen LogP contribution in [0.3, 0.4) is 0 Å². The Morgan fingerprint density at radius 2 is 2.06 bits per heavy atom. The Kier molecular flexibility index (Phi) is 6.16. The highest BCUT2D eigenvalue weighted by molar-refractivity contribution is 5.93. The number of hydrogen-bond acceptors (Lipinski definition) is 4. The minimum absolute atomic E-state index is 0.717. The van der Waals surface area contributed by atoms with Gasteiger partial charge in [-0.25, -0.2) is 4.99 Å². The molecule has 3 heterocycles. The SMILES string of the molecule is COc1ccc2[nH]cc(CCN=C3CCCC(Nc4ccc5c(C)n(C)nc5c4)=CC=N3)c2c1. The molecule has 0 bridgehead atoms. The third-order valence-electron chi connectivity index (χ3n) is 6.43. The summed E-state index contributed by atoms with van der Waals surface area (Å²) in [6, 6.07) is 12.4. The zero-order valence-electron chi connectivity index (χ0n) is 19.9. The van der Waals surface area contributed by atoms with Crippen LogP contribution in [0.4, 0.5) is 5.69 Å². The van der Waals surface area contributed by atoms with Gasteiger partial charge in [-0.3, -0.25) is 9.67 Å². The van der Waals surface area contributed by atoms with Gasteiger partial charge in [-0.15, -0.1) is 0 Å². The van der Waals surface area contributed by atoms with Gasteiger partial charge in [-0.2, -0.15) is 5.10 Å². The van der Waals surface area contributed by atoms with E-state index in [2.05, 4.69) is 69.9 Å². The van der Waals surface area contributed by atoms with Crippen molar-refractivity contribution in [3.8, 4) is 5.75 Å². The Balaban J connectivity index is 1.23. The molecule has 0 saturated carbocycles. The highest BCUT2D eigenvalue weighted by atomic mass is 16.5. The monoisotopic (exact) mass is 454 g/mol. The van der Waals surface area contributed by atoms with Crippen LogP contribution in [-0.2, 0) is 13.5 Å². The van der Waals surface area contributed by atoms with E-state index in [1.165, 1.54) is 22.0 Å². The number of benzene rings is 2. The van der Waals surface area contributed by atoms with Crippen LogP contribution in [-0.4, -0.2) is 40.5 Å². The second-order valence-electron chi connectivity index (χ2n) is 8.66. The molecular weight excluding hydrogens is 424 g/mol. The molecule has 2 aromatic carbocycles. The van der Waals surface area contributed by atoms with Gasteiger partial charge in [-0.1, -0.05) is 0 Å². The molecule has 4 aromatic rings. The van der Waals surface area contributed by atoms with Crippen LogP contribution in [0, 0.1) is 6.92 Å². The zero-order chi connectivity index (χ0) is 23.5. The van der Waals surface area contributed by atoms with Gasteiger partial charge in [0, 0.05) is 65.8 Å². The number of hydrogen-bond donors (Lipinski definition) is 2. The number of aromatic nitrogens is 3. The zero-order valence-corrected chi connectivity index (χ0v) is 19.9. The number of allylic oxidation sites excluding steroid dienone is 2. The number of anilines is 1. The van der Waals surface area contributed by atoms with Crippen molar-refractivity contribution in [3.05, 3.63) is 65.6 Å². The number of amidine groups is 1. The second kappa shape index (κ2) is 9.55. The number of aliphatic imine (C=N–C) groups is 2. The van der Waals surface area contributed by atoms with Gasteiger partial charge in [-0.05, 0) is 74.2 Å². The molecule has 0 aliphatic carbocycles. The Bertz CT molecular complexity index is 1420. The van der Waals surface area contributed by atoms with Gasteiger partial charge in [0.05, 0.1) is 12.6 Å². The predicted octanol–water partition coefficient (Wildman–Crippen LogP) is 5.56. The van der Waals surface area contributed by atoms with E-state index < -0.39 is 0 Å². The van der Waals surface area contributed by atoms with E-state index in [-0.39, 0.29) is 0 Å². The molecule has 0 amide bonds. The molecule has 7 heteroatoms. The lowest BCUT2D eigenvalue weighted by molar-refractivity contribution is 0.415. The summed E-state index contributed by atoms with van der Waals surface area (Å²) < 4.78 is 7.29. The summed E-state index contributed by atoms with van der Waals surface area (Å²) in [7, 11) is 3.67. The average Bonchev–Trinajstić information content (AvgIpc) is 3.36. The molecule has 2 aromatic heterocycles. The number of nitrogens with one attached hydrogen (secondary N) is 2. The Morgan fingerprint density at radius 3 is 2.94 bits per heavy atom. The molecule has 174 valence electrons. The van der Waals surface area contributed by atoms with Gasteiger partial charge in [0.25, 0.3) is 0 Å². The van der Waals surface area contributed by atoms with Gasteiger partial charge in [0.1, 0.15) is 11.6 Å². The number of ether oxygens (including phenoxy) is 1. The molecule has 0 saturated heterocycles. The predicted molar refractivity (Wildman–Crippen MR) is 140 cm³/mol. The van der Waals surface area contributed by atoms with E-state index in [0.29, 0.717) is 0 Å². The van der Waals surface area contributed by atoms with Crippen LogP contribution in [0.2, 0.25) is 0 Å². The maximum atomic E-state index is 5.37. The molecule has 0 atom stereocenters. The third-order valence-corrected chi connectivity index (χ3v) is 6.43. The second-order valence-corrected chi connectivity index (χ2v) is 8.66. The summed E-state index contributed by atoms with van der Waals surface area (Å²) in [5.74, 6) is 1.79. The normalized spacial score (nSPS) is 15.5. The van der Waals surface area contributed by atoms with E-state index in [0.717, 1.165) is 66.2 Å². The molecule has 1 aliphatic rings. The Hall–Kier alpha value is -3.87. The lowest BCUT2D eigenvalue weighted by atomic mass is 10.1. The topological polar surface area (TPSA) is 79.6 Å². The largest absolute Gasteiger partial charge is 0.497 e. The van der Waals surface area contributed by atoms with Crippen molar-refractivity contribution in [1.29, 1.82) is 0 Å². The van der Waals surface area contributed by atoms with E-state index in [9.17, 15) is 0 Å². The van der Waals surface area contributed by atoms with Gasteiger partial charge in [0.15, 0.2) is 0 Å². The van der Waals surface area contributed by atoms with Crippen LogP contribution < -0.4 is 10.1 Å². The Labute approximate surface area is 199 Å². The number of aryl methyl sites for hydroxylation is 2. The van der Waals surface area contributed by atoms with Gasteiger partial charge >= 0.3 is 0 Å². The first-order chi connectivity index (χ1) is 16.6. The quantitative estimate of drug-likeness (QED) is 0.400. The molecule has 0 spiro atoms. The van der Waals surface area contributed by atoms with Crippen molar-refractivity contribution in [3.63, 3.8) is 0 Å². The highest BCUT2D eigenvalue weighted by Crippen LogP contribution is 2.25. The fourth-order valence-electron chi connectivity index (χ4n) is 4.41. The first-order valence-electron chi connectivity index (χ1n) is 11.7. The first-order valence-corrected chi connectivity index (χ1v) is 11.7. The van der Waals surface area contributed by atoms with Crippen molar-refractivity contribution in [2.24, 2.45) is 17.0 Å². The third kappa shape index (κ3) is 4.59. The lowest BCUT2D eigenvalue weighted by Crippen LogP contribution is -2.06. The molecule has 0 fully saturated rings. The fourth-order valence-corrected chi connectivity index (χ4v) is 4.41. The minimum atomic E-state index is 0.717. The van der Waals surface area contributed by atoms with Crippen LogP contribution in [0.5, 0.6) is 5.75 Å². The van der Waals surface area contributed by atoms with Crippen LogP contribution in [0.1, 0.15) is 30.5 Å². The van der Waals surface area contributed by atoms with Crippen molar-refractivity contribution in [2.45, 2.75) is 32.6 Å². The molecule has 1 aliphatic heterocycles. The standard InChI is InChI=1S/C27H30N6O/c1-18-23-9-7-21(15-26(23)32-33(18)2)31-20-5-4-6-27(29-14-12-20)28-13-11-19-17-30-25-10-8-22(34-3)16-24(19)25/h7-10,12,14-17,30-31H,4-6,11,13H2,1-3H3. The average molecular weight is 455 g/mol. The first kappa shape index (κ1) is 21.9. The molecule has 0 radical (unpaired) electrons. The molecule has 2 N–H and O–H groups in total. The summed E-state index contributed by atoms with van der Waals surface area (Å²) in [5, 5.41) is 10.5. The van der Waals surface area contributed by atoms with E-state index in [1.807, 2.05) is 24.0 Å². The number of aromatic amines is 1. The number of H-pyrrole nitrogens is 1. The molecule has 5 rings (SSSR count). The van der Waals surface area contributed by atoms with E-state index >= 15 is 0 Å². The summed E-state index contributed by atoms with van der Waals surface area (Å²) >= 11 is 0. The fraction of sp³-hybridized carbons (Fsp3) is 0.296. The van der Waals surface area contributed by atoms with Gasteiger partial charge in [0.2, 0.25) is 0 Å². The number of fused-ring (bicyclic) bond motifs is 2. The van der Waals surface area contributed by atoms with E-state index in [1.54, 1.807) is 7.11 Å². The van der Waals surface area contributed by atoms with Crippen LogP contribution in [0.15, 0.2) is 64.4 Å². The minimum Gasteiger partial charge on any atom is -0.497 e. The maximum absolute atomic E-state index is 5.37. The lowest BCUT2D eigenvalue weighted by Gasteiger charge is -2.12. The van der Waals surface area contributed by atoms with Crippen molar-refractivity contribution < 1.29 is 4.74 Å². The number of rotatable bonds is 6. The molecular formula is C27H30N6O. The molecule has 7 nitrogen and oxygen atoms in total. The van der Waals surface area contributed by atoms with Crippen LogP contribution >= 0.6 is 0 Å². The smallest absolute Gasteiger partial charge is 0.123 e. The van der Waals surface area contributed by atoms with Crippen molar-refractivity contribution in [1.82, 2.24) is 14.8 Å². The summed E-state index contributed by atoms with van der Waals surface area (Å²) in [4.78, 5) is 12.7. The van der Waals surface area contributed by atoms with Crippen molar-refractivity contribution >= 4 is 39.5 Å². The summed E-state index contributed by atoms with van der Waals surface area (Å²) in [6.45, 7) is 2.81. The molecule has 0 unspecified atom stereocenters. The highest BCUT2D eigenvalue weighted by Gasteiger charge is 2.09.